The van der Waals surface area contributed by atoms with E-state index in [9.17, 15) is 27.6 Å². The molecule has 0 aliphatic carbocycles. The Labute approximate surface area is 245 Å². The summed E-state index contributed by atoms with van der Waals surface area (Å²) in [6.45, 7) is -1.84. The number of nitrogens with zero attached hydrogens (tertiary/aromatic N) is 2. The Hall–Kier alpha value is -4.71. The van der Waals surface area contributed by atoms with Crippen molar-refractivity contribution in [1.82, 2.24) is 25.5 Å². The third-order valence-corrected chi connectivity index (χ3v) is 7.30. The van der Waals surface area contributed by atoms with Crippen molar-refractivity contribution < 1.29 is 32.3 Å². The van der Waals surface area contributed by atoms with E-state index in [0.717, 1.165) is 21.4 Å². The fourth-order valence-corrected chi connectivity index (χ4v) is 5.19. The van der Waals surface area contributed by atoms with Crippen LogP contribution < -0.4 is 10.6 Å². The van der Waals surface area contributed by atoms with Crippen molar-refractivity contribution in [3.8, 4) is 0 Å². The molecule has 2 aromatic heterocycles. The first-order chi connectivity index (χ1) is 20.7. The normalized spacial score (nSPS) is 16.5. The number of H-pyrrole nitrogens is 1. The van der Waals surface area contributed by atoms with Gasteiger partial charge in [-0.05, 0) is 53.9 Å². The molecule has 12 heteroatoms. The van der Waals surface area contributed by atoms with E-state index in [1.807, 2.05) is 12.1 Å². The fraction of sp³-hybridized carbons (Fsp3) is 0.290. The number of hydrogen-bond donors (Lipinski definition) is 3. The zero-order valence-electron chi connectivity index (χ0n) is 23.3. The summed E-state index contributed by atoms with van der Waals surface area (Å²) in [5.41, 5.74) is 3.80. The van der Waals surface area contributed by atoms with Crippen LogP contribution >= 0.6 is 0 Å². The lowest BCUT2D eigenvalue weighted by molar-refractivity contribution is -0.160. The number of nitrogens with one attached hydrogen (secondary N) is 3. The lowest BCUT2D eigenvalue weighted by Crippen LogP contribution is -2.49. The van der Waals surface area contributed by atoms with Gasteiger partial charge in [-0.3, -0.25) is 19.4 Å². The number of amides is 3. The first-order valence-electron chi connectivity index (χ1n) is 13.7. The van der Waals surface area contributed by atoms with Gasteiger partial charge >= 0.3 is 6.61 Å². The highest BCUT2D eigenvalue weighted by atomic mass is 19.3. The van der Waals surface area contributed by atoms with Crippen molar-refractivity contribution in [3.63, 3.8) is 0 Å². The molecule has 0 unspecified atom stereocenters. The number of alkyl halides is 2. The maximum Gasteiger partial charge on any atom is 0.345 e. The van der Waals surface area contributed by atoms with Gasteiger partial charge in [-0.2, -0.15) is 8.78 Å². The molecule has 3 amide bonds. The molecule has 1 aliphatic heterocycles. The minimum atomic E-state index is -3.07. The quantitative estimate of drug-likeness (QED) is 0.258. The number of ether oxygens (including phenoxy) is 1. The molecule has 43 heavy (non-hydrogen) atoms. The number of likely N-dealkylation sites (tertiary alicyclic amines) is 1. The van der Waals surface area contributed by atoms with E-state index in [1.165, 1.54) is 6.07 Å². The molecule has 2 aromatic carbocycles. The van der Waals surface area contributed by atoms with Gasteiger partial charge in [-0.15, -0.1) is 0 Å². The number of aromatic nitrogens is 2. The number of fused-ring (bicyclic) bond motifs is 1. The first-order valence-corrected chi connectivity index (χ1v) is 13.7. The Morgan fingerprint density at radius 2 is 1.95 bits per heavy atom. The van der Waals surface area contributed by atoms with E-state index in [2.05, 4.69) is 25.3 Å². The summed E-state index contributed by atoms with van der Waals surface area (Å²) >= 11 is 0. The predicted molar refractivity (Wildman–Crippen MR) is 152 cm³/mol. The lowest BCUT2D eigenvalue weighted by Gasteiger charge is -2.24. The summed E-state index contributed by atoms with van der Waals surface area (Å²) < 4.78 is 44.8. The van der Waals surface area contributed by atoms with E-state index >= 15 is 0 Å². The molecule has 2 atom stereocenters. The molecule has 0 bridgehead atoms. The number of benzene rings is 2. The zero-order valence-corrected chi connectivity index (χ0v) is 23.3. The van der Waals surface area contributed by atoms with Crippen molar-refractivity contribution in [2.75, 3.05) is 13.1 Å². The summed E-state index contributed by atoms with van der Waals surface area (Å²) in [4.78, 5) is 47.4. The van der Waals surface area contributed by atoms with Gasteiger partial charge in [0.25, 0.3) is 5.91 Å². The number of hydrogen-bond acceptors (Lipinski definition) is 5. The summed E-state index contributed by atoms with van der Waals surface area (Å²) in [5.74, 6) is -2.04. The number of carbonyl (C=O) groups is 3. The summed E-state index contributed by atoms with van der Waals surface area (Å²) in [7, 11) is 0. The minimum absolute atomic E-state index is 0.117. The molecule has 3 N–H and O–H groups in total. The molecule has 1 fully saturated rings. The second kappa shape index (κ2) is 13.1. The van der Waals surface area contributed by atoms with E-state index < -0.39 is 43.0 Å². The predicted octanol–water partition coefficient (Wildman–Crippen LogP) is 3.86. The van der Waals surface area contributed by atoms with Crippen molar-refractivity contribution in [2.45, 2.75) is 45.1 Å². The van der Waals surface area contributed by atoms with Crippen LogP contribution in [0.15, 0.2) is 67.0 Å². The van der Waals surface area contributed by atoms with Gasteiger partial charge in [0.2, 0.25) is 11.8 Å². The average molecular weight is 594 g/mol. The van der Waals surface area contributed by atoms with Gasteiger partial charge < -0.3 is 25.3 Å². The van der Waals surface area contributed by atoms with Gasteiger partial charge in [0.1, 0.15) is 11.9 Å². The second-order valence-electron chi connectivity index (χ2n) is 10.4. The standard InChI is InChI=1S/C31H30F3N5O4/c1-18-5-6-20(25(32)9-18)10-19-3-2-4-21(11-19)29(41)37-16-28(40)39-17-24(43-31(33)34)13-27(39)30(42)36-15-23-12-22-14-35-8-7-26(22)38-23/h2-9,11-12,14,24,27,31,38H,10,13,15-17H2,1H3,(H,36,42)(H,37,41)/t24-,27+/m1/s1. The monoisotopic (exact) mass is 593 g/mol. The minimum Gasteiger partial charge on any atom is -0.357 e. The summed E-state index contributed by atoms with van der Waals surface area (Å²) in [6.07, 6.45) is 2.42. The molecule has 9 nitrogen and oxygen atoms in total. The Morgan fingerprint density at radius 3 is 2.72 bits per heavy atom. The number of rotatable bonds is 10. The fourth-order valence-electron chi connectivity index (χ4n) is 5.19. The third-order valence-electron chi connectivity index (χ3n) is 7.30. The van der Waals surface area contributed by atoms with Crippen LogP contribution in [0.1, 0.15) is 39.2 Å². The van der Waals surface area contributed by atoms with E-state index in [0.29, 0.717) is 16.8 Å². The Balaban J connectivity index is 1.20. The van der Waals surface area contributed by atoms with Crippen LogP contribution in [0.25, 0.3) is 10.9 Å². The Bertz CT molecular complexity index is 1610. The number of halogens is 3. The second-order valence-corrected chi connectivity index (χ2v) is 10.4. The molecule has 224 valence electrons. The van der Waals surface area contributed by atoms with Crippen LogP contribution in [0, 0.1) is 12.7 Å². The molecular formula is C31H30F3N5O4. The Kier molecular flexibility index (Phi) is 9.05. The highest BCUT2D eigenvalue weighted by Gasteiger charge is 2.41. The molecule has 4 aromatic rings. The topological polar surface area (TPSA) is 116 Å². The smallest absolute Gasteiger partial charge is 0.345 e. The third kappa shape index (κ3) is 7.39. The van der Waals surface area contributed by atoms with Gasteiger partial charge in [0, 0.05) is 53.9 Å². The maximum absolute atomic E-state index is 14.3. The molecule has 0 saturated carbocycles. The highest BCUT2D eigenvalue weighted by molar-refractivity contribution is 5.97. The van der Waals surface area contributed by atoms with Crippen LogP contribution in [0.5, 0.6) is 0 Å². The molecule has 1 saturated heterocycles. The number of aromatic amines is 1. The van der Waals surface area contributed by atoms with Crippen molar-refractivity contribution in [1.29, 1.82) is 0 Å². The SMILES string of the molecule is Cc1ccc(Cc2cccc(C(=O)NCC(=O)N3C[C@H](OC(F)F)C[C@H]3C(=O)NCc3cc4cnccc4[nH]3)c2)c(F)c1. The van der Waals surface area contributed by atoms with Crippen molar-refractivity contribution in [3.05, 3.63) is 101 Å². The first kappa shape index (κ1) is 29.8. The van der Waals surface area contributed by atoms with Gasteiger partial charge in [-0.1, -0.05) is 24.3 Å². The van der Waals surface area contributed by atoms with Gasteiger partial charge in [0.05, 0.1) is 19.2 Å². The Morgan fingerprint density at radius 1 is 1.12 bits per heavy atom. The van der Waals surface area contributed by atoms with E-state index in [-0.39, 0.29) is 37.3 Å². The molecule has 5 rings (SSSR count). The summed E-state index contributed by atoms with van der Waals surface area (Å²) in [5, 5.41) is 6.14. The van der Waals surface area contributed by atoms with Crippen molar-refractivity contribution >= 4 is 28.6 Å². The van der Waals surface area contributed by atoms with Crippen LogP contribution in [-0.4, -0.2) is 64.4 Å². The van der Waals surface area contributed by atoms with E-state index in [4.69, 9.17) is 0 Å². The molecule has 1 aliphatic rings. The highest BCUT2D eigenvalue weighted by Crippen LogP contribution is 2.23. The number of pyridine rings is 1. The van der Waals surface area contributed by atoms with Crippen LogP contribution in [0.4, 0.5) is 13.2 Å². The summed E-state index contributed by atoms with van der Waals surface area (Å²) in [6, 6.07) is 14.1. The van der Waals surface area contributed by atoms with Crippen molar-refractivity contribution in [2.24, 2.45) is 0 Å². The molecule has 0 spiro atoms. The van der Waals surface area contributed by atoms with Crippen LogP contribution in [0.3, 0.4) is 0 Å². The van der Waals surface area contributed by atoms with Crippen LogP contribution in [-0.2, 0) is 27.3 Å². The van der Waals surface area contributed by atoms with Gasteiger partial charge in [0.15, 0.2) is 0 Å². The molecule has 0 radical (unpaired) electrons. The lowest BCUT2D eigenvalue weighted by atomic mass is 10.0. The van der Waals surface area contributed by atoms with E-state index in [1.54, 1.807) is 55.7 Å². The average Bonchev–Trinajstić information content (AvgIpc) is 3.60. The van der Waals surface area contributed by atoms with Gasteiger partial charge in [-0.25, -0.2) is 4.39 Å². The maximum atomic E-state index is 14.3. The van der Waals surface area contributed by atoms with Crippen LogP contribution in [0.2, 0.25) is 0 Å². The largest absolute Gasteiger partial charge is 0.357 e. The molecular weight excluding hydrogens is 563 g/mol. The zero-order chi connectivity index (χ0) is 30.5. The number of aryl methyl sites for hydroxylation is 1. The molecule has 3 heterocycles. The number of carbonyl (C=O) groups excluding carboxylic acids is 3.